The topological polar surface area (TPSA) is 71.0 Å². The first-order valence-corrected chi connectivity index (χ1v) is 9.36. The van der Waals surface area contributed by atoms with Crippen molar-refractivity contribution in [1.29, 1.82) is 0 Å². The summed E-state index contributed by atoms with van der Waals surface area (Å²) < 4.78 is 11.3. The van der Waals surface area contributed by atoms with Gasteiger partial charge in [-0.1, -0.05) is 6.07 Å². The molecule has 0 spiro atoms. The number of nitrogens with zero attached hydrogens (tertiary/aromatic N) is 1. The van der Waals surface area contributed by atoms with Crippen molar-refractivity contribution >= 4 is 25.7 Å². The third-order valence-corrected chi connectivity index (χ3v) is 4.91. The van der Waals surface area contributed by atoms with E-state index < -0.39 is 5.97 Å². The molecule has 0 bridgehead atoms. The summed E-state index contributed by atoms with van der Waals surface area (Å²) in [5, 5.41) is 12.4. The summed E-state index contributed by atoms with van der Waals surface area (Å²) in [4.78, 5) is 13.2. The minimum Gasteiger partial charge on any atom is -0.497 e. The summed E-state index contributed by atoms with van der Waals surface area (Å²) in [7, 11) is 3.77. The standard InChI is InChI=1S/C21H25BN2O4/c1-27-17-6-8-18(9-7-17)28-20-13-15(5-11-21(25)26)4-10-19(20)23-14-16-3-2-12-24(16)22/h4-11,13,16,23H,2-3,12,14,22H2,1H3,(H,25,26)/b11-5+/t16-/m0/s1. The van der Waals surface area contributed by atoms with Crippen LogP contribution in [-0.2, 0) is 4.79 Å². The lowest BCUT2D eigenvalue weighted by Crippen LogP contribution is -2.32. The molecule has 1 atom stereocenters. The van der Waals surface area contributed by atoms with Crippen LogP contribution in [0.15, 0.2) is 48.5 Å². The fraction of sp³-hybridized carbons (Fsp3) is 0.286. The Morgan fingerprint density at radius 3 is 2.68 bits per heavy atom. The van der Waals surface area contributed by atoms with E-state index in [4.69, 9.17) is 14.6 Å². The molecule has 2 aromatic rings. The number of nitrogens with one attached hydrogen (secondary N) is 1. The fourth-order valence-electron chi connectivity index (χ4n) is 3.28. The van der Waals surface area contributed by atoms with E-state index in [1.165, 1.54) is 12.8 Å². The van der Waals surface area contributed by atoms with Crippen molar-refractivity contribution in [2.24, 2.45) is 0 Å². The maximum absolute atomic E-state index is 10.8. The molecular formula is C21H25BN2O4. The Balaban J connectivity index is 1.80. The van der Waals surface area contributed by atoms with Crippen LogP contribution in [0.4, 0.5) is 5.69 Å². The lowest BCUT2D eigenvalue weighted by molar-refractivity contribution is -0.131. The molecule has 1 heterocycles. The van der Waals surface area contributed by atoms with Gasteiger partial charge in [0.25, 0.3) is 0 Å². The number of benzene rings is 2. The number of carbonyl (C=O) groups is 1. The molecule has 1 fully saturated rings. The third-order valence-electron chi connectivity index (χ3n) is 4.91. The van der Waals surface area contributed by atoms with Crippen LogP contribution in [0, 0.1) is 0 Å². The first-order valence-electron chi connectivity index (χ1n) is 9.36. The minimum absolute atomic E-state index is 0.500. The smallest absolute Gasteiger partial charge is 0.328 e. The highest BCUT2D eigenvalue weighted by Crippen LogP contribution is 2.32. The fourth-order valence-corrected chi connectivity index (χ4v) is 3.28. The molecule has 1 aliphatic heterocycles. The molecule has 6 nitrogen and oxygen atoms in total. The first kappa shape index (κ1) is 19.8. The van der Waals surface area contributed by atoms with Crippen molar-refractivity contribution < 1.29 is 19.4 Å². The Kier molecular flexibility index (Phi) is 6.60. The van der Waals surface area contributed by atoms with Gasteiger partial charge in [-0.15, -0.1) is 0 Å². The van der Waals surface area contributed by atoms with Crippen LogP contribution in [0.3, 0.4) is 0 Å². The van der Waals surface area contributed by atoms with E-state index in [9.17, 15) is 4.79 Å². The van der Waals surface area contributed by atoms with E-state index in [0.29, 0.717) is 17.5 Å². The lowest BCUT2D eigenvalue weighted by Gasteiger charge is -2.22. The molecule has 0 aliphatic carbocycles. The average Bonchev–Trinajstić information content (AvgIpc) is 3.11. The number of aliphatic carboxylic acids is 1. The van der Waals surface area contributed by atoms with Crippen molar-refractivity contribution in [1.82, 2.24) is 4.81 Å². The highest BCUT2D eigenvalue weighted by Gasteiger charge is 2.20. The van der Waals surface area contributed by atoms with E-state index in [2.05, 4.69) is 18.1 Å². The van der Waals surface area contributed by atoms with E-state index in [1.54, 1.807) is 13.2 Å². The molecule has 0 saturated carbocycles. The minimum atomic E-state index is -0.982. The SMILES string of the molecule is BN1CCC[C@H]1CNc1ccc(/C=C/C(=O)O)cc1Oc1ccc(OC)cc1. The van der Waals surface area contributed by atoms with E-state index in [-0.39, 0.29) is 0 Å². The molecule has 28 heavy (non-hydrogen) atoms. The van der Waals surface area contributed by atoms with Crippen LogP contribution in [0.1, 0.15) is 18.4 Å². The summed E-state index contributed by atoms with van der Waals surface area (Å²) in [5.41, 5.74) is 1.64. The van der Waals surface area contributed by atoms with E-state index >= 15 is 0 Å². The van der Waals surface area contributed by atoms with Crippen LogP contribution in [0.25, 0.3) is 6.08 Å². The second-order valence-electron chi connectivity index (χ2n) is 6.86. The monoisotopic (exact) mass is 380 g/mol. The van der Waals surface area contributed by atoms with Gasteiger partial charge >= 0.3 is 5.97 Å². The molecule has 7 heteroatoms. The number of carboxylic acid groups (broad SMARTS) is 1. The zero-order valence-electron chi connectivity index (χ0n) is 16.2. The Hall–Kier alpha value is -2.93. The van der Waals surface area contributed by atoms with Gasteiger partial charge in [-0.25, -0.2) is 4.79 Å². The second-order valence-corrected chi connectivity index (χ2v) is 6.86. The zero-order chi connectivity index (χ0) is 19.9. The number of anilines is 1. The van der Waals surface area contributed by atoms with Crippen LogP contribution >= 0.6 is 0 Å². The maximum Gasteiger partial charge on any atom is 0.328 e. The average molecular weight is 380 g/mol. The van der Waals surface area contributed by atoms with Crippen molar-refractivity contribution in [2.75, 3.05) is 25.5 Å². The van der Waals surface area contributed by atoms with Crippen LogP contribution < -0.4 is 14.8 Å². The molecule has 1 saturated heterocycles. The molecule has 2 N–H and O–H groups in total. The van der Waals surface area contributed by atoms with Gasteiger partial charge in [-0.2, -0.15) is 0 Å². The predicted octanol–water partition coefficient (Wildman–Crippen LogP) is 3.01. The number of hydrogen-bond acceptors (Lipinski definition) is 5. The van der Waals surface area contributed by atoms with Gasteiger partial charge in [0.1, 0.15) is 11.5 Å². The highest BCUT2D eigenvalue weighted by atomic mass is 16.5. The van der Waals surface area contributed by atoms with E-state index in [0.717, 1.165) is 36.2 Å². The van der Waals surface area contributed by atoms with E-state index in [1.807, 2.05) is 42.5 Å². The van der Waals surface area contributed by atoms with Crippen LogP contribution in [0.2, 0.25) is 0 Å². The summed E-state index contributed by atoms with van der Waals surface area (Å²) >= 11 is 0. The van der Waals surface area contributed by atoms with Gasteiger partial charge in [-0.05, 0) is 67.4 Å². The maximum atomic E-state index is 10.8. The number of ether oxygens (including phenoxy) is 2. The molecule has 146 valence electrons. The molecular weight excluding hydrogens is 355 g/mol. The molecule has 0 radical (unpaired) electrons. The summed E-state index contributed by atoms with van der Waals surface area (Å²) in [6, 6.07) is 13.5. The summed E-state index contributed by atoms with van der Waals surface area (Å²) in [6.45, 7) is 1.96. The van der Waals surface area contributed by atoms with Crippen molar-refractivity contribution in [3.63, 3.8) is 0 Å². The van der Waals surface area contributed by atoms with Crippen LogP contribution in [-0.4, -0.2) is 50.1 Å². The quantitative estimate of drug-likeness (QED) is 0.542. The predicted molar refractivity (Wildman–Crippen MR) is 113 cm³/mol. The molecule has 3 rings (SSSR count). The Morgan fingerprint density at radius 1 is 1.29 bits per heavy atom. The Morgan fingerprint density at radius 2 is 2.04 bits per heavy atom. The summed E-state index contributed by atoms with van der Waals surface area (Å²) in [5.74, 6) is 1.11. The lowest BCUT2D eigenvalue weighted by atomic mass is 10.1. The molecule has 2 aromatic carbocycles. The van der Waals surface area contributed by atoms with Crippen molar-refractivity contribution in [3.8, 4) is 17.2 Å². The van der Waals surface area contributed by atoms with Gasteiger partial charge < -0.3 is 24.7 Å². The van der Waals surface area contributed by atoms with Gasteiger partial charge in [-0.3, -0.25) is 0 Å². The second kappa shape index (κ2) is 9.33. The zero-order valence-corrected chi connectivity index (χ0v) is 16.2. The van der Waals surface area contributed by atoms with Gasteiger partial charge in [0.2, 0.25) is 0 Å². The number of methoxy groups -OCH3 is 1. The number of carboxylic acids is 1. The normalized spacial score (nSPS) is 17.0. The van der Waals surface area contributed by atoms with Crippen molar-refractivity contribution in [2.45, 2.75) is 18.9 Å². The molecule has 0 amide bonds. The van der Waals surface area contributed by atoms with Gasteiger partial charge in [0.05, 0.1) is 12.8 Å². The Labute approximate surface area is 166 Å². The molecule has 0 aromatic heterocycles. The van der Waals surface area contributed by atoms with Gasteiger partial charge in [0, 0.05) is 18.7 Å². The molecule has 0 unspecified atom stereocenters. The number of hydrogen-bond donors (Lipinski definition) is 2. The van der Waals surface area contributed by atoms with Crippen molar-refractivity contribution in [3.05, 3.63) is 54.1 Å². The largest absolute Gasteiger partial charge is 0.497 e. The Bertz CT molecular complexity index is 839. The number of rotatable bonds is 8. The highest BCUT2D eigenvalue weighted by molar-refractivity contribution is 6.04. The molecule has 1 aliphatic rings. The van der Waals surface area contributed by atoms with Crippen LogP contribution in [0.5, 0.6) is 17.2 Å². The summed E-state index contributed by atoms with van der Waals surface area (Å²) in [6.07, 6.45) is 5.07. The van der Waals surface area contributed by atoms with Gasteiger partial charge in [0.15, 0.2) is 13.7 Å². The first-order chi connectivity index (χ1) is 13.5. The third kappa shape index (κ3) is 5.30.